The van der Waals surface area contributed by atoms with Crippen LogP contribution in [0.25, 0.3) is 0 Å². The van der Waals surface area contributed by atoms with Gasteiger partial charge in [0.15, 0.2) is 0 Å². The zero-order valence-electron chi connectivity index (χ0n) is 13.6. The van der Waals surface area contributed by atoms with Gasteiger partial charge < -0.3 is 16.0 Å². The first-order valence-corrected chi connectivity index (χ1v) is 9.20. The molecule has 23 heavy (non-hydrogen) atoms. The van der Waals surface area contributed by atoms with Gasteiger partial charge >= 0.3 is 0 Å². The topological polar surface area (TPSA) is 116 Å². The van der Waals surface area contributed by atoms with Gasteiger partial charge in [-0.2, -0.15) is 0 Å². The zero-order chi connectivity index (χ0) is 16.6. The monoisotopic (exact) mass is 370 g/mol. The van der Waals surface area contributed by atoms with Crippen molar-refractivity contribution >= 4 is 34.2 Å². The average molecular weight is 371 g/mol. The third-order valence-corrected chi connectivity index (χ3v) is 4.49. The van der Waals surface area contributed by atoms with Crippen molar-refractivity contribution in [3.05, 3.63) is 0 Å². The Morgan fingerprint density at radius 2 is 1.96 bits per heavy atom. The standard InChI is InChI=1S/C13H26N4O4S.ClH/c1-10(2)16-13(19)9-15-22(20,21)7-5-12(18)17-11-4-3-6-14-8-11;/h10-11,14-15H,3-9H2,1-2H3,(H,16,19)(H,17,18);1H. The van der Waals surface area contributed by atoms with E-state index in [4.69, 9.17) is 0 Å². The van der Waals surface area contributed by atoms with Gasteiger partial charge in [0.2, 0.25) is 21.8 Å². The first-order chi connectivity index (χ1) is 10.3. The smallest absolute Gasteiger partial charge is 0.235 e. The van der Waals surface area contributed by atoms with Crippen molar-refractivity contribution in [2.24, 2.45) is 0 Å². The van der Waals surface area contributed by atoms with Gasteiger partial charge in [0.05, 0.1) is 12.3 Å². The quantitative estimate of drug-likeness (QED) is 0.442. The second-order valence-corrected chi connectivity index (χ2v) is 7.65. The minimum atomic E-state index is -3.64. The normalized spacial score (nSPS) is 18.1. The highest BCUT2D eigenvalue weighted by atomic mass is 35.5. The Morgan fingerprint density at radius 3 is 2.52 bits per heavy atom. The largest absolute Gasteiger partial charge is 0.353 e. The van der Waals surface area contributed by atoms with E-state index in [1.54, 1.807) is 13.8 Å². The summed E-state index contributed by atoms with van der Waals surface area (Å²) >= 11 is 0. The molecule has 10 heteroatoms. The Kier molecular flexibility index (Phi) is 10.4. The first kappa shape index (κ1) is 22.1. The van der Waals surface area contributed by atoms with Crippen LogP contribution in [0.2, 0.25) is 0 Å². The lowest BCUT2D eigenvalue weighted by Gasteiger charge is -2.23. The molecule has 1 unspecified atom stereocenters. The molecule has 0 bridgehead atoms. The number of carbonyl (C=O) groups is 2. The molecule has 2 amide bonds. The second-order valence-electron chi connectivity index (χ2n) is 5.72. The third-order valence-electron chi connectivity index (χ3n) is 3.16. The molecule has 0 aromatic carbocycles. The van der Waals surface area contributed by atoms with E-state index in [1.807, 2.05) is 0 Å². The fourth-order valence-corrected chi connectivity index (χ4v) is 3.07. The summed E-state index contributed by atoms with van der Waals surface area (Å²) < 4.78 is 25.7. The predicted octanol–water partition coefficient (Wildman–Crippen LogP) is -0.889. The van der Waals surface area contributed by atoms with Gasteiger partial charge in [0, 0.05) is 25.0 Å². The van der Waals surface area contributed by atoms with E-state index >= 15 is 0 Å². The van der Waals surface area contributed by atoms with Crippen LogP contribution in [0.4, 0.5) is 0 Å². The second kappa shape index (κ2) is 10.8. The molecule has 1 rings (SSSR count). The third kappa shape index (κ3) is 10.5. The summed E-state index contributed by atoms with van der Waals surface area (Å²) in [5.41, 5.74) is 0. The van der Waals surface area contributed by atoms with Gasteiger partial charge in [-0.25, -0.2) is 13.1 Å². The average Bonchev–Trinajstić information content (AvgIpc) is 2.44. The van der Waals surface area contributed by atoms with Gasteiger partial charge in [0.25, 0.3) is 0 Å². The molecule has 0 radical (unpaired) electrons. The lowest BCUT2D eigenvalue weighted by atomic mass is 10.1. The number of rotatable bonds is 8. The van der Waals surface area contributed by atoms with Crippen molar-refractivity contribution in [1.29, 1.82) is 0 Å². The Morgan fingerprint density at radius 1 is 1.26 bits per heavy atom. The Bertz CT molecular complexity index is 478. The molecular formula is C13H27ClN4O4S. The number of carbonyl (C=O) groups excluding carboxylic acids is 2. The minimum absolute atomic E-state index is 0. The van der Waals surface area contributed by atoms with Gasteiger partial charge in [0.1, 0.15) is 0 Å². The van der Waals surface area contributed by atoms with Crippen molar-refractivity contribution in [3.8, 4) is 0 Å². The van der Waals surface area contributed by atoms with E-state index in [0.29, 0.717) is 6.54 Å². The van der Waals surface area contributed by atoms with Gasteiger partial charge in [-0.1, -0.05) is 0 Å². The SMILES string of the molecule is CC(C)NC(=O)CNS(=O)(=O)CCC(=O)NC1CCCNC1.Cl. The predicted molar refractivity (Wildman–Crippen MR) is 91.0 cm³/mol. The summed E-state index contributed by atoms with van der Waals surface area (Å²) in [4.78, 5) is 23.1. The number of nitrogens with one attached hydrogen (secondary N) is 4. The first-order valence-electron chi connectivity index (χ1n) is 7.55. The van der Waals surface area contributed by atoms with Gasteiger partial charge in [-0.3, -0.25) is 9.59 Å². The zero-order valence-corrected chi connectivity index (χ0v) is 15.2. The molecule has 1 aliphatic heterocycles. The molecule has 0 aromatic rings. The Balaban J connectivity index is 0.00000484. The maximum atomic E-state index is 11.7. The molecule has 0 spiro atoms. The van der Waals surface area contributed by atoms with Crippen LogP contribution in [0.3, 0.4) is 0 Å². The number of sulfonamides is 1. The maximum Gasteiger partial charge on any atom is 0.235 e. The summed E-state index contributed by atoms with van der Waals surface area (Å²) in [6.07, 6.45) is 1.78. The van der Waals surface area contributed by atoms with Crippen LogP contribution < -0.4 is 20.7 Å². The number of hydrogen-bond acceptors (Lipinski definition) is 5. The van der Waals surface area contributed by atoms with E-state index in [0.717, 1.165) is 19.4 Å². The van der Waals surface area contributed by atoms with Crippen molar-refractivity contribution in [2.45, 2.75) is 45.2 Å². The summed E-state index contributed by atoms with van der Waals surface area (Å²) in [6, 6.07) is 0.0145. The number of piperidine rings is 1. The van der Waals surface area contributed by atoms with Crippen LogP contribution in [-0.4, -0.2) is 57.7 Å². The highest BCUT2D eigenvalue weighted by Crippen LogP contribution is 2.01. The summed E-state index contributed by atoms with van der Waals surface area (Å²) in [7, 11) is -3.64. The summed E-state index contributed by atoms with van der Waals surface area (Å²) in [5.74, 6) is -1.00. The molecule has 1 aliphatic rings. The Hall–Kier alpha value is -0.900. The van der Waals surface area contributed by atoms with Gasteiger partial charge in [-0.05, 0) is 33.2 Å². The molecular weight excluding hydrogens is 344 g/mol. The van der Waals surface area contributed by atoms with Crippen molar-refractivity contribution in [3.63, 3.8) is 0 Å². The van der Waals surface area contributed by atoms with Crippen LogP contribution in [0.1, 0.15) is 33.1 Å². The number of halogens is 1. The van der Waals surface area contributed by atoms with Crippen LogP contribution in [0, 0.1) is 0 Å². The highest BCUT2D eigenvalue weighted by molar-refractivity contribution is 7.89. The fraction of sp³-hybridized carbons (Fsp3) is 0.846. The molecule has 136 valence electrons. The lowest BCUT2D eigenvalue weighted by molar-refractivity contribution is -0.121. The van der Waals surface area contributed by atoms with E-state index in [1.165, 1.54) is 0 Å². The lowest BCUT2D eigenvalue weighted by Crippen LogP contribution is -2.46. The number of amides is 2. The van der Waals surface area contributed by atoms with E-state index in [-0.39, 0.29) is 49.1 Å². The molecule has 0 aliphatic carbocycles. The molecule has 8 nitrogen and oxygen atoms in total. The fourth-order valence-electron chi connectivity index (χ4n) is 2.12. The minimum Gasteiger partial charge on any atom is -0.353 e. The maximum absolute atomic E-state index is 11.7. The van der Waals surface area contributed by atoms with E-state index < -0.39 is 15.9 Å². The highest BCUT2D eigenvalue weighted by Gasteiger charge is 2.18. The molecule has 1 atom stereocenters. The summed E-state index contributed by atoms with van der Waals surface area (Å²) in [5, 5.41) is 8.56. The van der Waals surface area contributed by atoms with E-state index in [9.17, 15) is 18.0 Å². The molecule has 4 N–H and O–H groups in total. The summed E-state index contributed by atoms with van der Waals surface area (Å²) in [6.45, 7) is 4.93. The molecule has 0 aromatic heterocycles. The van der Waals surface area contributed by atoms with Crippen LogP contribution in [-0.2, 0) is 19.6 Å². The number of hydrogen-bond donors (Lipinski definition) is 4. The van der Waals surface area contributed by atoms with Crippen molar-refractivity contribution in [1.82, 2.24) is 20.7 Å². The van der Waals surface area contributed by atoms with Gasteiger partial charge in [-0.15, -0.1) is 12.4 Å². The van der Waals surface area contributed by atoms with Crippen molar-refractivity contribution in [2.75, 3.05) is 25.4 Å². The van der Waals surface area contributed by atoms with Crippen molar-refractivity contribution < 1.29 is 18.0 Å². The van der Waals surface area contributed by atoms with Crippen LogP contribution in [0.5, 0.6) is 0 Å². The molecule has 1 heterocycles. The molecule has 1 fully saturated rings. The van der Waals surface area contributed by atoms with E-state index in [2.05, 4.69) is 20.7 Å². The Labute approximate surface area is 144 Å². The molecule has 0 saturated carbocycles. The van der Waals surface area contributed by atoms with Crippen LogP contribution >= 0.6 is 12.4 Å². The van der Waals surface area contributed by atoms with Crippen LogP contribution in [0.15, 0.2) is 0 Å². The molecule has 1 saturated heterocycles.